The summed E-state index contributed by atoms with van der Waals surface area (Å²) in [6.45, 7) is 4.06. The predicted octanol–water partition coefficient (Wildman–Crippen LogP) is 3.79. The highest BCUT2D eigenvalue weighted by Crippen LogP contribution is 2.38. The van der Waals surface area contributed by atoms with Crippen molar-refractivity contribution >= 4 is 23.0 Å². The molecule has 0 aromatic heterocycles. The summed E-state index contributed by atoms with van der Waals surface area (Å²) in [6, 6.07) is 12.4. The van der Waals surface area contributed by atoms with E-state index in [1.807, 2.05) is 12.1 Å². The molecule has 98 valence electrons. The molecule has 2 N–H and O–H groups in total. The molecule has 1 aliphatic rings. The molecule has 3 rings (SSSR count). The van der Waals surface area contributed by atoms with Crippen LogP contribution in [0.2, 0.25) is 5.02 Å². The summed E-state index contributed by atoms with van der Waals surface area (Å²) in [5.41, 5.74) is 11.7. The first kappa shape index (κ1) is 12.4. The molecule has 0 bridgehead atoms. The fourth-order valence-corrected chi connectivity index (χ4v) is 3.11. The van der Waals surface area contributed by atoms with Crippen molar-refractivity contribution in [2.24, 2.45) is 0 Å². The SMILES string of the molecule is Cc1ccccc1CN1CCc2cc(N)cc(Cl)c21. The van der Waals surface area contributed by atoms with Crippen LogP contribution in [-0.2, 0) is 13.0 Å². The molecule has 19 heavy (non-hydrogen) atoms. The van der Waals surface area contributed by atoms with Crippen molar-refractivity contribution in [2.45, 2.75) is 19.9 Å². The highest BCUT2D eigenvalue weighted by atomic mass is 35.5. The van der Waals surface area contributed by atoms with Gasteiger partial charge < -0.3 is 10.6 Å². The van der Waals surface area contributed by atoms with Gasteiger partial charge in [0.05, 0.1) is 10.7 Å². The van der Waals surface area contributed by atoms with E-state index in [-0.39, 0.29) is 0 Å². The zero-order chi connectivity index (χ0) is 13.4. The quantitative estimate of drug-likeness (QED) is 0.843. The van der Waals surface area contributed by atoms with Crippen LogP contribution in [0.4, 0.5) is 11.4 Å². The molecule has 0 spiro atoms. The standard InChI is InChI=1S/C16H17ClN2/c1-11-4-2-3-5-13(11)10-19-7-6-12-8-14(18)9-15(17)16(12)19/h2-5,8-9H,6-7,10,18H2,1H3. The molecular formula is C16H17ClN2. The number of aryl methyl sites for hydroxylation is 1. The molecule has 3 heteroatoms. The van der Waals surface area contributed by atoms with E-state index >= 15 is 0 Å². The van der Waals surface area contributed by atoms with Gasteiger partial charge in [-0.2, -0.15) is 0 Å². The lowest BCUT2D eigenvalue weighted by Crippen LogP contribution is -2.20. The zero-order valence-corrected chi connectivity index (χ0v) is 11.7. The first-order valence-corrected chi connectivity index (χ1v) is 6.90. The number of nitrogens with two attached hydrogens (primary N) is 1. The minimum Gasteiger partial charge on any atom is -0.399 e. The van der Waals surface area contributed by atoms with Crippen molar-refractivity contribution in [3.05, 3.63) is 58.1 Å². The number of hydrogen-bond donors (Lipinski definition) is 1. The second-order valence-electron chi connectivity index (χ2n) is 5.11. The molecule has 0 fully saturated rings. The summed E-state index contributed by atoms with van der Waals surface area (Å²) >= 11 is 6.35. The molecule has 2 aromatic carbocycles. The third kappa shape index (κ3) is 2.28. The summed E-state index contributed by atoms with van der Waals surface area (Å²) in [5, 5.41) is 0.765. The number of anilines is 2. The molecule has 1 heterocycles. The Kier molecular flexibility index (Phi) is 3.11. The van der Waals surface area contributed by atoms with E-state index in [1.165, 1.54) is 16.7 Å². The predicted molar refractivity (Wildman–Crippen MR) is 81.8 cm³/mol. The van der Waals surface area contributed by atoms with Crippen LogP contribution >= 0.6 is 11.6 Å². The van der Waals surface area contributed by atoms with Gasteiger partial charge in [-0.1, -0.05) is 35.9 Å². The minimum absolute atomic E-state index is 0.751. The minimum atomic E-state index is 0.751. The van der Waals surface area contributed by atoms with Gasteiger partial charge in [-0.3, -0.25) is 0 Å². The number of hydrogen-bond acceptors (Lipinski definition) is 2. The van der Waals surface area contributed by atoms with Crippen molar-refractivity contribution in [3.8, 4) is 0 Å². The average Bonchev–Trinajstić information content (AvgIpc) is 2.75. The van der Waals surface area contributed by atoms with Gasteiger partial charge in [0.25, 0.3) is 0 Å². The lowest BCUT2D eigenvalue weighted by Gasteiger charge is -2.21. The maximum atomic E-state index is 6.35. The molecule has 0 amide bonds. The van der Waals surface area contributed by atoms with Gasteiger partial charge in [0, 0.05) is 18.8 Å². The van der Waals surface area contributed by atoms with Crippen molar-refractivity contribution in [1.82, 2.24) is 0 Å². The fourth-order valence-electron chi connectivity index (χ4n) is 2.74. The Morgan fingerprint density at radius 1 is 1.26 bits per heavy atom. The largest absolute Gasteiger partial charge is 0.399 e. The third-order valence-corrected chi connectivity index (χ3v) is 4.04. The van der Waals surface area contributed by atoms with Crippen LogP contribution in [0.1, 0.15) is 16.7 Å². The summed E-state index contributed by atoms with van der Waals surface area (Å²) < 4.78 is 0. The monoisotopic (exact) mass is 272 g/mol. The van der Waals surface area contributed by atoms with E-state index in [2.05, 4.69) is 36.1 Å². The summed E-state index contributed by atoms with van der Waals surface area (Å²) in [5.74, 6) is 0. The molecule has 0 aliphatic carbocycles. The maximum absolute atomic E-state index is 6.35. The number of halogens is 1. The Morgan fingerprint density at radius 2 is 2.05 bits per heavy atom. The van der Waals surface area contributed by atoms with Crippen LogP contribution in [0.5, 0.6) is 0 Å². The molecule has 2 nitrogen and oxygen atoms in total. The molecule has 0 saturated heterocycles. The molecular weight excluding hydrogens is 256 g/mol. The van der Waals surface area contributed by atoms with Crippen molar-refractivity contribution in [2.75, 3.05) is 17.2 Å². The smallest absolute Gasteiger partial charge is 0.0662 e. The Bertz CT molecular complexity index is 622. The topological polar surface area (TPSA) is 29.3 Å². The Labute approximate surface area is 118 Å². The third-order valence-electron chi connectivity index (χ3n) is 3.75. The first-order valence-electron chi connectivity index (χ1n) is 6.52. The first-order chi connectivity index (χ1) is 9.15. The van der Waals surface area contributed by atoms with Gasteiger partial charge in [-0.15, -0.1) is 0 Å². The van der Waals surface area contributed by atoms with Crippen LogP contribution in [0.25, 0.3) is 0 Å². The Balaban J connectivity index is 1.93. The number of rotatable bonds is 2. The zero-order valence-electron chi connectivity index (χ0n) is 11.0. The fraction of sp³-hybridized carbons (Fsp3) is 0.250. The van der Waals surface area contributed by atoms with Crippen LogP contribution < -0.4 is 10.6 Å². The van der Waals surface area contributed by atoms with E-state index in [0.717, 1.165) is 35.9 Å². The summed E-state index contributed by atoms with van der Waals surface area (Å²) in [4.78, 5) is 2.35. The lowest BCUT2D eigenvalue weighted by atomic mass is 10.1. The number of nitrogens with zero attached hydrogens (tertiary/aromatic N) is 1. The molecule has 0 atom stereocenters. The van der Waals surface area contributed by atoms with Gasteiger partial charge >= 0.3 is 0 Å². The second-order valence-corrected chi connectivity index (χ2v) is 5.52. The number of fused-ring (bicyclic) bond motifs is 1. The summed E-state index contributed by atoms with van der Waals surface area (Å²) in [7, 11) is 0. The van der Waals surface area contributed by atoms with Crippen molar-refractivity contribution < 1.29 is 0 Å². The Morgan fingerprint density at radius 3 is 2.84 bits per heavy atom. The van der Waals surface area contributed by atoms with E-state index in [0.29, 0.717) is 0 Å². The molecule has 0 unspecified atom stereocenters. The molecule has 0 saturated carbocycles. The van der Waals surface area contributed by atoms with Crippen LogP contribution in [0, 0.1) is 6.92 Å². The van der Waals surface area contributed by atoms with E-state index in [1.54, 1.807) is 0 Å². The number of nitrogen functional groups attached to an aromatic ring is 1. The molecule has 1 aliphatic heterocycles. The van der Waals surface area contributed by atoms with E-state index in [9.17, 15) is 0 Å². The Hall–Kier alpha value is -1.67. The van der Waals surface area contributed by atoms with Crippen LogP contribution in [-0.4, -0.2) is 6.54 Å². The molecule has 2 aromatic rings. The van der Waals surface area contributed by atoms with E-state index in [4.69, 9.17) is 17.3 Å². The molecule has 0 radical (unpaired) electrons. The van der Waals surface area contributed by atoms with Gasteiger partial charge in [-0.05, 0) is 42.2 Å². The van der Waals surface area contributed by atoms with Crippen LogP contribution in [0.3, 0.4) is 0 Å². The maximum Gasteiger partial charge on any atom is 0.0662 e. The van der Waals surface area contributed by atoms with Crippen molar-refractivity contribution in [3.63, 3.8) is 0 Å². The summed E-state index contributed by atoms with van der Waals surface area (Å²) in [6.07, 6.45) is 1.02. The normalized spacial score (nSPS) is 13.7. The number of benzene rings is 2. The average molecular weight is 273 g/mol. The lowest BCUT2D eigenvalue weighted by molar-refractivity contribution is 0.831. The van der Waals surface area contributed by atoms with Gasteiger partial charge in [0.2, 0.25) is 0 Å². The van der Waals surface area contributed by atoms with Gasteiger partial charge in [0.1, 0.15) is 0 Å². The highest BCUT2D eigenvalue weighted by molar-refractivity contribution is 6.33. The van der Waals surface area contributed by atoms with Gasteiger partial charge in [-0.25, -0.2) is 0 Å². The van der Waals surface area contributed by atoms with Gasteiger partial charge in [0.15, 0.2) is 0 Å². The second kappa shape index (κ2) is 4.78. The van der Waals surface area contributed by atoms with Crippen molar-refractivity contribution in [1.29, 1.82) is 0 Å². The highest BCUT2D eigenvalue weighted by Gasteiger charge is 2.22. The van der Waals surface area contributed by atoms with E-state index < -0.39 is 0 Å². The van der Waals surface area contributed by atoms with Crippen LogP contribution in [0.15, 0.2) is 36.4 Å².